The van der Waals surface area contributed by atoms with Gasteiger partial charge in [-0.1, -0.05) is 55.8 Å². The van der Waals surface area contributed by atoms with Gasteiger partial charge in [0.05, 0.1) is 17.7 Å². The van der Waals surface area contributed by atoms with Crippen LogP contribution in [0.15, 0.2) is 48.5 Å². The largest absolute Gasteiger partial charge is 0.465 e. The van der Waals surface area contributed by atoms with Gasteiger partial charge in [-0.2, -0.15) is 0 Å². The number of halogens is 1. The van der Waals surface area contributed by atoms with Crippen molar-refractivity contribution < 1.29 is 19.1 Å². The molecule has 7 heteroatoms. The Kier molecular flexibility index (Phi) is 7.58. The number of carbonyl (C=O) groups is 3. The van der Waals surface area contributed by atoms with Gasteiger partial charge in [0.15, 0.2) is 0 Å². The van der Waals surface area contributed by atoms with Crippen LogP contribution >= 0.6 is 11.6 Å². The first-order chi connectivity index (χ1) is 13.3. The van der Waals surface area contributed by atoms with E-state index in [4.69, 9.17) is 16.3 Å². The zero-order valence-corrected chi connectivity index (χ0v) is 16.7. The lowest BCUT2D eigenvalue weighted by atomic mass is 10.0. The number of carbonyl (C=O) groups excluding carboxylic acids is 3. The highest BCUT2D eigenvalue weighted by molar-refractivity contribution is 6.33. The molecule has 1 atom stereocenters. The van der Waals surface area contributed by atoms with Crippen molar-refractivity contribution in [2.24, 2.45) is 5.92 Å². The molecule has 0 bridgehead atoms. The highest BCUT2D eigenvalue weighted by Gasteiger charge is 2.23. The number of benzene rings is 2. The maximum atomic E-state index is 12.9. The molecule has 2 aromatic rings. The fourth-order valence-corrected chi connectivity index (χ4v) is 2.81. The summed E-state index contributed by atoms with van der Waals surface area (Å²) in [6.45, 7) is 3.86. The summed E-state index contributed by atoms with van der Waals surface area (Å²) < 4.78 is 4.69. The monoisotopic (exact) mass is 402 g/mol. The number of hydrogen-bond donors (Lipinski definition) is 2. The minimum absolute atomic E-state index is 0.141. The van der Waals surface area contributed by atoms with Crippen LogP contribution in [0.25, 0.3) is 0 Å². The second kappa shape index (κ2) is 9.90. The van der Waals surface area contributed by atoms with Gasteiger partial charge in [-0.25, -0.2) is 4.79 Å². The molecule has 0 heterocycles. The van der Waals surface area contributed by atoms with E-state index >= 15 is 0 Å². The Morgan fingerprint density at radius 2 is 1.75 bits per heavy atom. The second-order valence-electron chi connectivity index (χ2n) is 6.68. The van der Waals surface area contributed by atoms with Gasteiger partial charge in [0, 0.05) is 12.1 Å². The standard InChI is InChI=1S/C21H23ClN2O4/c1-13(2)11-18(25)24-19(14-7-5-4-6-8-14)20(26)23-15-9-10-17(22)16(12-15)21(27)28-3/h4-10,12-13,19H,11H2,1-3H3,(H,23,26)(H,24,25). The lowest BCUT2D eigenvalue weighted by Gasteiger charge is -2.20. The van der Waals surface area contributed by atoms with E-state index in [0.717, 1.165) is 0 Å². The first-order valence-corrected chi connectivity index (χ1v) is 9.22. The second-order valence-corrected chi connectivity index (χ2v) is 7.09. The first kappa shape index (κ1) is 21.4. The number of esters is 1. The molecular formula is C21H23ClN2O4. The molecule has 0 saturated carbocycles. The van der Waals surface area contributed by atoms with Crippen molar-refractivity contribution in [1.82, 2.24) is 5.32 Å². The molecular weight excluding hydrogens is 380 g/mol. The van der Waals surface area contributed by atoms with Gasteiger partial charge in [0.1, 0.15) is 6.04 Å². The summed E-state index contributed by atoms with van der Waals surface area (Å²) in [4.78, 5) is 36.9. The van der Waals surface area contributed by atoms with E-state index < -0.39 is 17.9 Å². The van der Waals surface area contributed by atoms with Crippen LogP contribution in [0.4, 0.5) is 5.69 Å². The van der Waals surface area contributed by atoms with Crippen molar-refractivity contribution in [3.63, 3.8) is 0 Å². The maximum absolute atomic E-state index is 12.9. The van der Waals surface area contributed by atoms with Gasteiger partial charge in [0.2, 0.25) is 5.91 Å². The van der Waals surface area contributed by atoms with Crippen LogP contribution < -0.4 is 10.6 Å². The molecule has 2 amide bonds. The molecule has 2 rings (SSSR count). The number of anilines is 1. The molecule has 0 aliphatic heterocycles. The molecule has 6 nitrogen and oxygen atoms in total. The Morgan fingerprint density at radius 3 is 2.36 bits per heavy atom. The maximum Gasteiger partial charge on any atom is 0.339 e. The topological polar surface area (TPSA) is 84.5 Å². The predicted octanol–water partition coefficient (Wildman–Crippen LogP) is 3.97. The van der Waals surface area contributed by atoms with Crippen LogP contribution in [0.5, 0.6) is 0 Å². The summed E-state index contributed by atoms with van der Waals surface area (Å²) in [5.74, 6) is -1.09. The molecule has 0 fully saturated rings. The molecule has 2 N–H and O–H groups in total. The Bertz CT molecular complexity index is 853. The van der Waals surface area contributed by atoms with E-state index in [1.54, 1.807) is 30.3 Å². The van der Waals surface area contributed by atoms with Crippen LogP contribution in [0.1, 0.15) is 42.2 Å². The highest BCUT2D eigenvalue weighted by Crippen LogP contribution is 2.23. The third-order valence-electron chi connectivity index (χ3n) is 3.93. The molecule has 0 spiro atoms. The smallest absolute Gasteiger partial charge is 0.339 e. The van der Waals surface area contributed by atoms with Crippen LogP contribution in [0.2, 0.25) is 5.02 Å². The normalized spacial score (nSPS) is 11.6. The van der Waals surface area contributed by atoms with Gasteiger partial charge in [-0.3, -0.25) is 9.59 Å². The van der Waals surface area contributed by atoms with E-state index in [9.17, 15) is 14.4 Å². The lowest BCUT2D eigenvalue weighted by molar-refractivity contribution is -0.127. The fraction of sp³-hybridized carbons (Fsp3) is 0.286. The summed E-state index contributed by atoms with van der Waals surface area (Å²) >= 11 is 6.01. The van der Waals surface area contributed by atoms with Gasteiger partial charge in [-0.05, 0) is 29.7 Å². The van der Waals surface area contributed by atoms with Gasteiger partial charge in [-0.15, -0.1) is 0 Å². The summed E-state index contributed by atoms with van der Waals surface area (Å²) in [6, 6.07) is 12.6. The number of rotatable bonds is 7. The van der Waals surface area contributed by atoms with E-state index in [-0.39, 0.29) is 22.4 Å². The summed E-state index contributed by atoms with van der Waals surface area (Å²) in [7, 11) is 1.25. The minimum Gasteiger partial charge on any atom is -0.465 e. The van der Waals surface area contributed by atoms with Crippen molar-refractivity contribution in [3.8, 4) is 0 Å². The third-order valence-corrected chi connectivity index (χ3v) is 4.26. The molecule has 0 aliphatic carbocycles. The molecule has 0 aromatic heterocycles. The quantitative estimate of drug-likeness (QED) is 0.686. The van der Waals surface area contributed by atoms with Gasteiger partial charge < -0.3 is 15.4 Å². The van der Waals surface area contributed by atoms with Crippen LogP contribution in [0, 0.1) is 5.92 Å². The van der Waals surface area contributed by atoms with Crippen molar-refractivity contribution in [1.29, 1.82) is 0 Å². The van der Waals surface area contributed by atoms with Crippen molar-refractivity contribution in [3.05, 3.63) is 64.7 Å². The average molecular weight is 403 g/mol. The predicted molar refractivity (Wildman–Crippen MR) is 108 cm³/mol. The molecule has 1 unspecified atom stereocenters. The molecule has 0 radical (unpaired) electrons. The summed E-state index contributed by atoms with van der Waals surface area (Å²) in [5.41, 5.74) is 1.16. The Hall–Kier alpha value is -2.86. The van der Waals surface area contributed by atoms with Crippen LogP contribution in [0.3, 0.4) is 0 Å². The Morgan fingerprint density at radius 1 is 1.07 bits per heavy atom. The minimum atomic E-state index is -0.871. The number of amides is 2. The van der Waals surface area contributed by atoms with E-state index in [0.29, 0.717) is 17.7 Å². The van der Waals surface area contributed by atoms with E-state index in [1.807, 2.05) is 19.9 Å². The summed E-state index contributed by atoms with van der Waals surface area (Å²) in [6.07, 6.45) is 0.310. The first-order valence-electron chi connectivity index (χ1n) is 8.84. The van der Waals surface area contributed by atoms with Crippen LogP contribution in [-0.4, -0.2) is 24.9 Å². The van der Waals surface area contributed by atoms with E-state index in [1.165, 1.54) is 19.2 Å². The molecule has 148 valence electrons. The van der Waals surface area contributed by atoms with E-state index in [2.05, 4.69) is 10.6 Å². The summed E-state index contributed by atoms with van der Waals surface area (Å²) in [5, 5.41) is 5.72. The highest BCUT2D eigenvalue weighted by atomic mass is 35.5. The Balaban J connectivity index is 2.25. The van der Waals surface area contributed by atoms with Crippen molar-refractivity contribution in [2.75, 3.05) is 12.4 Å². The zero-order valence-electron chi connectivity index (χ0n) is 16.0. The van der Waals surface area contributed by atoms with Crippen LogP contribution in [-0.2, 0) is 14.3 Å². The molecule has 0 saturated heterocycles. The van der Waals surface area contributed by atoms with Crippen molar-refractivity contribution in [2.45, 2.75) is 26.3 Å². The lowest BCUT2D eigenvalue weighted by Crippen LogP contribution is -2.37. The zero-order chi connectivity index (χ0) is 20.7. The fourth-order valence-electron chi connectivity index (χ4n) is 2.62. The average Bonchev–Trinajstić information content (AvgIpc) is 2.67. The number of methoxy groups -OCH3 is 1. The number of nitrogens with one attached hydrogen (secondary N) is 2. The van der Waals surface area contributed by atoms with Gasteiger partial charge in [0.25, 0.3) is 5.91 Å². The SMILES string of the molecule is COC(=O)c1cc(NC(=O)C(NC(=O)CC(C)C)c2ccccc2)ccc1Cl. The third kappa shape index (κ3) is 5.82. The Labute approximate surface area is 169 Å². The number of hydrogen-bond acceptors (Lipinski definition) is 4. The van der Waals surface area contributed by atoms with Crippen molar-refractivity contribution >= 4 is 35.1 Å². The number of ether oxygens (including phenoxy) is 1. The molecule has 2 aromatic carbocycles. The molecule has 0 aliphatic rings. The molecule has 28 heavy (non-hydrogen) atoms. The van der Waals surface area contributed by atoms with Gasteiger partial charge >= 0.3 is 5.97 Å².